The van der Waals surface area contributed by atoms with Crippen molar-refractivity contribution in [1.82, 2.24) is 0 Å². The fraction of sp³-hybridized carbons (Fsp3) is 1.00. The molecule has 0 saturated heterocycles. The molecule has 0 aromatic carbocycles. The summed E-state index contributed by atoms with van der Waals surface area (Å²) in [6.45, 7) is 2.17. The van der Waals surface area contributed by atoms with Gasteiger partial charge in [-0.2, -0.15) is 0 Å². The molecule has 1 atom stereocenters. The number of hydrogen-bond acceptors (Lipinski definition) is 6. The Hall–Kier alpha value is -0.240. The monoisotopic (exact) mass is 256 g/mol. The van der Waals surface area contributed by atoms with Gasteiger partial charge in [0.05, 0.1) is 12.7 Å². The van der Waals surface area contributed by atoms with E-state index < -0.39 is 6.10 Å². The van der Waals surface area contributed by atoms with E-state index in [0.717, 1.165) is 25.7 Å². The van der Waals surface area contributed by atoms with Gasteiger partial charge in [-0.3, -0.25) is 0 Å². The lowest BCUT2D eigenvalue weighted by Gasteiger charge is -1.90. The second-order valence-electron chi connectivity index (χ2n) is 3.34. The summed E-state index contributed by atoms with van der Waals surface area (Å²) in [6.07, 6.45) is 2.31. The Balaban J connectivity index is -0.000000174. The van der Waals surface area contributed by atoms with Gasteiger partial charge in [-0.1, -0.05) is 0 Å². The molecule has 6 heteroatoms. The molecule has 6 N–H and O–H groups in total. The molecule has 0 aromatic rings. The number of unbranched alkanes of at least 4 members (excludes halogenated alkanes) is 2. The van der Waals surface area contributed by atoms with Gasteiger partial charge in [-0.25, -0.2) is 0 Å². The molecule has 1 unspecified atom stereocenters. The highest BCUT2D eigenvalue weighted by molar-refractivity contribution is 4.34. The first-order valence-corrected chi connectivity index (χ1v) is 5.82. The molecule has 0 aromatic heterocycles. The van der Waals surface area contributed by atoms with Crippen molar-refractivity contribution in [1.29, 1.82) is 0 Å². The highest BCUT2D eigenvalue weighted by Gasteiger charge is 1.83. The smallest absolute Gasteiger partial charge is 0.0742 e. The van der Waals surface area contributed by atoms with Crippen molar-refractivity contribution >= 4 is 0 Å². The minimum absolute atomic E-state index is 0.139. The van der Waals surface area contributed by atoms with Crippen molar-refractivity contribution in [2.75, 3.05) is 33.0 Å². The van der Waals surface area contributed by atoms with Crippen LogP contribution in [0, 0.1) is 0 Å². The van der Waals surface area contributed by atoms with E-state index >= 15 is 0 Å². The molecule has 0 fully saturated rings. The summed E-state index contributed by atoms with van der Waals surface area (Å²) in [4.78, 5) is 0. The summed E-state index contributed by atoms with van der Waals surface area (Å²) >= 11 is 0. The summed E-state index contributed by atoms with van der Waals surface area (Å²) in [5.74, 6) is 0. The largest absolute Gasteiger partial charge is 0.396 e. The Bertz CT molecular complexity index is 84.0. The number of aliphatic hydroxyl groups is 6. The van der Waals surface area contributed by atoms with Crippen LogP contribution >= 0.6 is 0 Å². The van der Waals surface area contributed by atoms with Crippen molar-refractivity contribution < 1.29 is 30.6 Å². The summed E-state index contributed by atoms with van der Waals surface area (Å²) in [5.41, 5.74) is 0. The Morgan fingerprint density at radius 2 is 0.824 bits per heavy atom. The van der Waals surface area contributed by atoms with Crippen LogP contribution < -0.4 is 0 Å². The maximum absolute atomic E-state index is 8.11. The Labute approximate surface area is 103 Å². The van der Waals surface area contributed by atoms with Crippen LogP contribution in [0.5, 0.6) is 0 Å². The molecule has 0 aliphatic rings. The molecule has 0 aliphatic carbocycles. The standard InChI is InChI=1S/2C4H10O2.C3H8O2/c2*5-3-1-2-4-6;1-3(5)2-4/h2*5-6H,1-4H2;3-5H,2H2,1H3. The molecule has 0 aliphatic heterocycles. The van der Waals surface area contributed by atoms with E-state index in [4.69, 9.17) is 30.6 Å². The zero-order valence-corrected chi connectivity index (χ0v) is 10.6. The fourth-order valence-electron chi connectivity index (χ4n) is 0.447. The van der Waals surface area contributed by atoms with Crippen molar-refractivity contribution in [2.24, 2.45) is 0 Å². The second kappa shape index (κ2) is 24.8. The van der Waals surface area contributed by atoms with Gasteiger partial charge in [0.15, 0.2) is 0 Å². The predicted molar refractivity (Wildman–Crippen MR) is 65.6 cm³/mol. The van der Waals surface area contributed by atoms with Crippen molar-refractivity contribution in [3.63, 3.8) is 0 Å². The van der Waals surface area contributed by atoms with E-state index in [2.05, 4.69) is 0 Å². The third-order valence-corrected chi connectivity index (χ3v) is 1.40. The molecule has 0 rings (SSSR count). The van der Waals surface area contributed by atoms with Gasteiger partial charge in [0.25, 0.3) is 0 Å². The molecule has 0 radical (unpaired) electrons. The van der Waals surface area contributed by atoms with E-state index in [-0.39, 0.29) is 33.0 Å². The van der Waals surface area contributed by atoms with Gasteiger partial charge in [0.2, 0.25) is 0 Å². The fourth-order valence-corrected chi connectivity index (χ4v) is 0.447. The number of aliphatic hydroxyl groups excluding tert-OH is 6. The van der Waals surface area contributed by atoms with Crippen molar-refractivity contribution in [3.05, 3.63) is 0 Å². The van der Waals surface area contributed by atoms with Crippen molar-refractivity contribution in [2.45, 2.75) is 38.7 Å². The van der Waals surface area contributed by atoms with Gasteiger partial charge < -0.3 is 30.6 Å². The van der Waals surface area contributed by atoms with E-state index in [1.54, 1.807) is 0 Å². The summed E-state index contributed by atoms with van der Waals surface area (Å²) in [6, 6.07) is 0. The molecule has 0 heterocycles. The molecule has 0 spiro atoms. The predicted octanol–water partition coefficient (Wildman–Crippen LogP) is -1.14. The first-order valence-electron chi connectivity index (χ1n) is 5.82. The van der Waals surface area contributed by atoms with E-state index in [9.17, 15) is 0 Å². The SMILES string of the molecule is CC(O)CO.OCCCCO.OCCCCO. The highest BCUT2D eigenvalue weighted by Crippen LogP contribution is 1.81. The molecular formula is C11H28O6. The van der Waals surface area contributed by atoms with Crippen LogP contribution in [0.3, 0.4) is 0 Å². The lowest BCUT2D eigenvalue weighted by Crippen LogP contribution is -2.03. The van der Waals surface area contributed by atoms with Crippen LogP contribution in [0.2, 0.25) is 0 Å². The number of hydrogen-bond donors (Lipinski definition) is 6. The van der Waals surface area contributed by atoms with Crippen LogP contribution in [0.15, 0.2) is 0 Å². The van der Waals surface area contributed by atoms with Gasteiger partial charge >= 0.3 is 0 Å². The molecule has 6 nitrogen and oxygen atoms in total. The first-order chi connectivity index (χ1) is 8.10. The molecule has 108 valence electrons. The Kier molecular flexibility index (Phi) is 32.1. The van der Waals surface area contributed by atoms with E-state index in [1.807, 2.05) is 0 Å². The lowest BCUT2D eigenvalue weighted by atomic mass is 10.3. The Morgan fingerprint density at radius 1 is 0.647 bits per heavy atom. The maximum atomic E-state index is 8.11. The molecule has 0 bridgehead atoms. The highest BCUT2D eigenvalue weighted by atomic mass is 16.3. The van der Waals surface area contributed by atoms with Gasteiger partial charge in [0.1, 0.15) is 0 Å². The molecular weight excluding hydrogens is 228 g/mol. The number of rotatable bonds is 7. The third-order valence-electron chi connectivity index (χ3n) is 1.40. The average molecular weight is 256 g/mol. The van der Waals surface area contributed by atoms with Crippen LogP contribution in [-0.2, 0) is 0 Å². The minimum Gasteiger partial charge on any atom is -0.396 e. The van der Waals surface area contributed by atoms with Gasteiger partial charge in [-0.05, 0) is 32.6 Å². The Morgan fingerprint density at radius 3 is 0.882 bits per heavy atom. The normalized spacial score (nSPS) is 10.8. The molecule has 0 saturated carbocycles. The molecule has 0 amide bonds. The summed E-state index contributed by atoms with van der Waals surface area (Å²) < 4.78 is 0. The van der Waals surface area contributed by atoms with Crippen LogP contribution in [0.1, 0.15) is 32.6 Å². The third kappa shape index (κ3) is 49.6. The quantitative estimate of drug-likeness (QED) is 0.320. The zero-order valence-electron chi connectivity index (χ0n) is 10.6. The average Bonchev–Trinajstić information content (AvgIpc) is 2.35. The van der Waals surface area contributed by atoms with Gasteiger partial charge in [-0.15, -0.1) is 0 Å². The lowest BCUT2D eigenvalue weighted by molar-refractivity contribution is 0.110. The minimum atomic E-state index is -0.560. The second-order valence-corrected chi connectivity index (χ2v) is 3.34. The maximum Gasteiger partial charge on any atom is 0.0742 e. The van der Waals surface area contributed by atoms with Gasteiger partial charge in [0, 0.05) is 26.4 Å². The van der Waals surface area contributed by atoms with Crippen LogP contribution in [-0.4, -0.2) is 69.8 Å². The first kappa shape index (κ1) is 22.0. The van der Waals surface area contributed by atoms with Crippen molar-refractivity contribution in [3.8, 4) is 0 Å². The van der Waals surface area contributed by atoms with Crippen LogP contribution in [0.25, 0.3) is 0 Å². The molecule has 17 heavy (non-hydrogen) atoms. The van der Waals surface area contributed by atoms with Crippen LogP contribution in [0.4, 0.5) is 0 Å². The topological polar surface area (TPSA) is 121 Å². The van der Waals surface area contributed by atoms with E-state index in [0.29, 0.717) is 0 Å². The zero-order chi connectivity index (χ0) is 13.9. The summed E-state index contributed by atoms with van der Waals surface area (Å²) in [5, 5.41) is 48.3. The van der Waals surface area contributed by atoms with E-state index in [1.165, 1.54) is 6.92 Å². The summed E-state index contributed by atoms with van der Waals surface area (Å²) in [7, 11) is 0.